The molecule has 0 radical (unpaired) electrons. The van der Waals surface area contributed by atoms with E-state index >= 15 is 0 Å². The van der Waals surface area contributed by atoms with Gasteiger partial charge in [-0.1, -0.05) is 18.2 Å². The van der Waals surface area contributed by atoms with Gasteiger partial charge in [0, 0.05) is 31.1 Å². The molecule has 0 aliphatic carbocycles. The van der Waals surface area contributed by atoms with Crippen LogP contribution in [0.3, 0.4) is 0 Å². The maximum atomic E-state index is 12.4. The molecule has 2 saturated heterocycles. The molecule has 5 nitrogen and oxygen atoms in total. The van der Waals surface area contributed by atoms with Crippen LogP contribution in [0.5, 0.6) is 0 Å². The van der Waals surface area contributed by atoms with Crippen molar-refractivity contribution in [1.29, 1.82) is 0 Å². The van der Waals surface area contributed by atoms with Crippen molar-refractivity contribution in [2.45, 2.75) is 25.7 Å². The third-order valence-corrected chi connectivity index (χ3v) is 5.14. The predicted octanol–water partition coefficient (Wildman–Crippen LogP) is 2.08. The number of halogens is 1. The first-order valence-electron chi connectivity index (χ1n) is 9.07. The smallest absolute Gasteiger partial charge is 0.253 e. The van der Waals surface area contributed by atoms with Gasteiger partial charge in [-0.05, 0) is 56.8 Å². The molecule has 2 fully saturated rings. The first kappa shape index (κ1) is 19.7. The highest BCUT2D eigenvalue weighted by Gasteiger charge is 2.28. The second-order valence-corrected chi connectivity index (χ2v) is 6.89. The van der Waals surface area contributed by atoms with Crippen LogP contribution in [0.25, 0.3) is 0 Å². The van der Waals surface area contributed by atoms with E-state index in [1.165, 1.54) is 12.8 Å². The Morgan fingerprint density at radius 2 is 1.84 bits per heavy atom. The third-order valence-electron chi connectivity index (χ3n) is 5.14. The van der Waals surface area contributed by atoms with Gasteiger partial charge in [-0.3, -0.25) is 9.59 Å². The van der Waals surface area contributed by atoms with Crippen molar-refractivity contribution < 1.29 is 9.59 Å². The summed E-state index contributed by atoms with van der Waals surface area (Å²) in [6, 6.07) is 9.37. The molecule has 0 spiro atoms. The highest BCUT2D eigenvalue weighted by Crippen LogP contribution is 2.19. The lowest BCUT2D eigenvalue weighted by atomic mass is 9.94. The van der Waals surface area contributed by atoms with Gasteiger partial charge in [0.2, 0.25) is 5.91 Å². The zero-order valence-corrected chi connectivity index (χ0v) is 15.4. The summed E-state index contributed by atoms with van der Waals surface area (Å²) in [5.74, 6) is 0.832. The Morgan fingerprint density at radius 3 is 2.48 bits per heavy atom. The van der Waals surface area contributed by atoms with Gasteiger partial charge in [0.1, 0.15) is 0 Å². The number of nitrogens with zero attached hydrogens (tertiary/aromatic N) is 1. The Bertz CT molecular complexity index is 553. The molecule has 2 heterocycles. The molecule has 2 N–H and O–H groups in total. The number of carbonyl (C=O) groups excluding carboxylic acids is 2. The van der Waals surface area contributed by atoms with E-state index < -0.39 is 0 Å². The predicted molar refractivity (Wildman–Crippen MR) is 101 cm³/mol. The standard InChI is InChI=1S/C19H27N3O2.ClH/c23-18(21-14-15-5-4-10-20-13-15)16-8-11-22(12-9-16)19(24)17-6-2-1-3-7-17;/h1-3,6-7,15-16,20H,4-5,8-14H2,(H,21,23);1H. The average molecular weight is 366 g/mol. The minimum atomic E-state index is 0. The number of amides is 2. The van der Waals surface area contributed by atoms with Crippen molar-refractivity contribution in [3.05, 3.63) is 35.9 Å². The van der Waals surface area contributed by atoms with Crippen LogP contribution in [0.15, 0.2) is 30.3 Å². The van der Waals surface area contributed by atoms with Crippen molar-refractivity contribution in [2.75, 3.05) is 32.7 Å². The molecule has 25 heavy (non-hydrogen) atoms. The SMILES string of the molecule is Cl.O=C(NCC1CCCNC1)C1CCN(C(=O)c2ccccc2)CC1. The summed E-state index contributed by atoms with van der Waals surface area (Å²) >= 11 is 0. The van der Waals surface area contributed by atoms with E-state index in [0.717, 1.165) is 38.0 Å². The van der Waals surface area contributed by atoms with E-state index in [0.29, 0.717) is 19.0 Å². The fraction of sp³-hybridized carbons (Fsp3) is 0.579. The highest BCUT2D eigenvalue weighted by molar-refractivity contribution is 5.94. The number of hydrogen-bond acceptors (Lipinski definition) is 3. The zero-order valence-electron chi connectivity index (χ0n) is 14.6. The molecule has 2 amide bonds. The summed E-state index contributed by atoms with van der Waals surface area (Å²) in [5.41, 5.74) is 0.727. The van der Waals surface area contributed by atoms with Gasteiger partial charge in [-0.15, -0.1) is 12.4 Å². The Hall–Kier alpha value is -1.59. The second kappa shape index (κ2) is 9.78. The average Bonchev–Trinajstić information content (AvgIpc) is 2.67. The molecule has 6 heteroatoms. The molecule has 1 unspecified atom stereocenters. The van der Waals surface area contributed by atoms with E-state index in [9.17, 15) is 9.59 Å². The van der Waals surface area contributed by atoms with Crippen molar-refractivity contribution >= 4 is 24.2 Å². The van der Waals surface area contributed by atoms with E-state index in [1.807, 2.05) is 35.2 Å². The normalized spacial score (nSPS) is 21.3. The highest BCUT2D eigenvalue weighted by atomic mass is 35.5. The topological polar surface area (TPSA) is 61.4 Å². The molecular weight excluding hydrogens is 338 g/mol. The summed E-state index contributed by atoms with van der Waals surface area (Å²) in [5, 5.41) is 6.49. The number of piperidine rings is 2. The molecule has 1 aromatic carbocycles. The van der Waals surface area contributed by atoms with Gasteiger partial charge in [0.25, 0.3) is 5.91 Å². The Kier molecular flexibility index (Phi) is 7.72. The maximum absolute atomic E-state index is 12.4. The molecule has 0 saturated carbocycles. The first-order valence-corrected chi connectivity index (χ1v) is 9.07. The maximum Gasteiger partial charge on any atom is 0.253 e. The Labute approximate surface area is 155 Å². The first-order chi connectivity index (χ1) is 11.7. The van der Waals surface area contributed by atoms with Crippen LogP contribution in [0.2, 0.25) is 0 Å². The van der Waals surface area contributed by atoms with Gasteiger partial charge in [-0.25, -0.2) is 0 Å². The summed E-state index contributed by atoms with van der Waals surface area (Å²) in [6.45, 7) is 4.20. The molecule has 1 aromatic rings. The van der Waals surface area contributed by atoms with Crippen LogP contribution < -0.4 is 10.6 Å². The van der Waals surface area contributed by atoms with E-state index in [4.69, 9.17) is 0 Å². The van der Waals surface area contributed by atoms with Crippen LogP contribution in [0, 0.1) is 11.8 Å². The zero-order chi connectivity index (χ0) is 16.8. The number of rotatable bonds is 4. The van der Waals surface area contributed by atoms with E-state index in [-0.39, 0.29) is 30.1 Å². The number of nitrogens with one attached hydrogen (secondary N) is 2. The van der Waals surface area contributed by atoms with Gasteiger partial charge >= 0.3 is 0 Å². The molecule has 2 aliphatic heterocycles. The molecule has 2 aliphatic rings. The third kappa shape index (κ3) is 5.44. The van der Waals surface area contributed by atoms with Crippen LogP contribution in [-0.2, 0) is 4.79 Å². The van der Waals surface area contributed by atoms with Crippen LogP contribution in [0.4, 0.5) is 0 Å². The summed E-state index contributed by atoms with van der Waals surface area (Å²) < 4.78 is 0. The van der Waals surface area contributed by atoms with E-state index in [1.54, 1.807) is 0 Å². The molecular formula is C19H28ClN3O2. The summed E-state index contributed by atoms with van der Waals surface area (Å²) in [6.07, 6.45) is 3.90. The molecule has 3 rings (SSSR count). The number of likely N-dealkylation sites (tertiary alicyclic amines) is 1. The molecule has 1 atom stereocenters. The summed E-state index contributed by atoms with van der Waals surface area (Å²) in [7, 11) is 0. The Balaban J connectivity index is 0.00000225. The van der Waals surface area contributed by atoms with Crippen molar-refractivity contribution in [1.82, 2.24) is 15.5 Å². The van der Waals surface area contributed by atoms with Crippen LogP contribution in [0.1, 0.15) is 36.0 Å². The molecule has 0 aromatic heterocycles. The quantitative estimate of drug-likeness (QED) is 0.858. The van der Waals surface area contributed by atoms with Crippen LogP contribution >= 0.6 is 12.4 Å². The van der Waals surface area contributed by atoms with Gasteiger partial charge in [0.15, 0.2) is 0 Å². The monoisotopic (exact) mass is 365 g/mol. The van der Waals surface area contributed by atoms with Crippen LogP contribution in [-0.4, -0.2) is 49.4 Å². The van der Waals surface area contributed by atoms with Gasteiger partial charge < -0.3 is 15.5 Å². The van der Waals surface area contributed by atoms with Crippen molar-refractivity contribution in [3.63, 3.8) is 0 Å². The molecule has 0 bridgehead atoms. The number of benzene rings is 1. The fourth-order valence-electron chi connectivity index (χ4n) is 3.60. The van der Waals surface area contributed by atoms with E-state index in [2.05, 4.69) is 10.6 Å². The molecule has 138 valence electrons. The lowest BCUT2D eigenvalue weighted by molar-refractivity contribution is -0.126. The fourth-order valence-corrected chi connectivity index (χ4v) is 3.60. The number of carbonyl (C=O) groups is 2. The lowest BCUT2D eigenvalue weighted by Gasteiger charge is -2.32. The largest absolute Gasteiger partial charge is 0.356 e. The minimum Gasteiger partial charge on any atom is -0.356 e. The van der Waals surface area contributed by atoms with Crippen molar-refractivity contribution in [3.8, 4) is 0 Å². The van der Waals surface area contributed by atoms with Gasteiger partial charge in [0.05, 0.1) is 0 Å². The lowest BCUT2D eigenvalue weighted by Crippen LogP contribution is -2.45. The summed E-state index contributed by atoms with van der Waals surface area (Å²) in [4.78, 5) is 26.6. The Morgan fingerprint density at radius 1 is 1.12 bits per heavy atom. The minimum absolute atomic E-state index is 0. The van der Waals surface area contributed by atoms with Gasteiger partial charge in [-0.2, -0.15) is 0 Å². The number of hydrogen-bond donors (Lipinski definition) is 2. The van der Waals surface area contributed by atoms with Crippen molar-refractivity contribution in [2.24, 2.45) is 11.8 Å². The second-order valence-electron chi connectivity index (χ2n) is 6.89.